The van der Waals surface area contributed by atoms with Gasteiger partial charge in [-0.2, -0.15) is 0 Å². The van der Waals surface area contributed by atoms with Crippen molar-refractivity contribution in [1.82, 2.24) is 14.7 Å². The molecule has 2 aliphatic rings. The van der Waals surface area contributed by atoms with Gasteiger partial charge in [0, 0.05) is 45.3 Å². The minimum absolute atomic E-state index is 0.491. The first-order valence-corrected chi connectivity index (χ1v) is 7.61. The van der Waals surface area contributed by atoms with Crippen molar-refractivity contribution in [1.29, 1.82) is 0 Å². The maximum atomic E-state index is 6.03. The molecule has 1 atom stereocenters. The van der Waals surface area contributed by atoms with Crippen molar-refractivity contribution < 1.29 is 0 Å². The Hall–Kier alpha value is -0.810. The number of nitrogens with zero attached hydrogens (tertiary/aromatic N) is 4. The summed E-state index contributed by atoms with van der Waals surface area (Å²) in [6.45, 7) is 11.2. The van der Waals surface area contributed by atoms with Gasteiger partial charge in [-0.3, -0.25) is 9.89 Å². The monoisotopic (exact) mass is 267 g/mol. The van der Waals surface area contributed by atoms with E-state index in [1.165, 1.54) is 32.5 Å². The van der Waals surface area contributed by atoms with Gasteiger partial charge in [-0.15, -0.1) is 0 Å². The van der Waals surface area contributed by atoms with E-state index in [9.17, 15) is 0 Å². The van der Waals surface area contributed by atoms with E-state index >= 15 is 0 Å². The van der Waals surface area contributed by atoms with Gasteiger partial charge in [0.25, 0.3) is 0 Å². The van der Waals surface area contributed by atoms with Crippen LogP contribution in [0.3, 0.4) is 0 Å². The van der Waals surface area contributed by atoms with Gasteiger partial charge >= 0.3 is 0 Å². The van der Waals surface area contributed by atoms with Crippen molar-refractivity contribution >= 4 is 5.96 Å². The Bertz CT molecular complexity index is 305. The molecule has 1 saturated heterocycles. The van der Waals surface area contributed by atoms with Crippen LogP contribution in [0, 0.1) is 0 Å². The van der Waals surface area contributed by atoms with Gasteiger partial charge in [0.05, 0.1) is 6.54 Å². The van der Waals surface area contributed by atoms with Gasteiger partial charge in [0.1, 0.15) is 0 Å². The van der Waals surface area contributed by atoms with E-state index in [1.54, 1.807) is 0 Å². The average Bonchev–Trinajstić information content (AvgIpc) is 3.28. The molecule has 1 aliphatic carbocycles. The lowest BCUT2D eigenvalue weighted by molar-refractivity contribution is 0.109. The summed E-state index contributed by atoms with van der Waals surface area (Å²) in [6, 6.07) is 1.14. The Morgan fingerprint density at radius 1 is 1.32 bits per heavy atom. The fourth-order valence-corrected chi connectivity index (χ4v) is 2.62. The smallest absolute Gasteiger partial charge is 0.191 e. The van der Waals surface area contributed by atoms with E-state index in [1.807, 2.05) is 0 Å². The molecule has 2 fully saturated rings. The maximum Gasteiger partial charge on any atom is 0.191 e. The highest BCUT2D eigenvalue weighted by molar-refractivity contribution is 5.78. The van der Waals surface area contributed by atoms with Crippen LogP contribution in [0.25, 0.3) is 0 Å². The molecule has 1 unspecified atom stereocenters. The lowest BCUT2D eigenvalue weighted by Gasteiger charge is -2.37. The third-order valence-electron chi connectivity index (χ3n) is 4.45. The zero-order valence-corrected chi connectivity index (χ0v) is 12.7. The molecule has 2 N–H and O–H groups in total. The van der Waals surface area contributed by atoms with Crippen molar-refractivity contribution in [2.24, 2.45) is 10.7 Å². The van der Waals surface area contributed by atoms with Crippen LogP contribution in [0.4, 0.5) is 0 Å². The summed E-state index contributed by atoms with van der Waals surface area (Å²) in [5.74, 6) is 0.710. The summed E-state index contributed by atoms with van der Waals surface area (Å²) in [6.07, 6.45) is 2.53. The molecular weight excluding hydrogens is 238 g/mol. The second-order valence-corrected chi connectivity index (χ2v) is 5.86. The third-order valence-corrected chi connectivity index (χ3v) is 4.45. The van der Waals surface area contributed by atoms with E-state index in [-0.39, 0.29) is 0 Å². The van der Waals surface area contributed by atoms with Crippen LogP contribution in [0.15, 0.2) is 4.99 Å². The van der Waals surface area contributed by atoms with E-state index in [4.69, 9.17) is 5.73 Å². The predicted molar refractivity (Wildman–Crippen MR) is 80.4 cm³/mol. The first-order valence-electron chi connectivity index (χ1n) is 7.61. The molecule has 0 spiro atoms. The summed E-state index contributed by atoms with van der Waals surface area (Å²) >= 11 is 0. The molecule has 1 heterocycles. The summed E-state index contributed by atoms with van der Waals surface area (Å²) in [7, 11) is 2.06. The molecule has 0 aromatic carbocycles. The number of nitrogens with two attached hydrogens (primary N) is 1. The van der Waals surface area contributed by atoms with Crippen LogP contribution in [-0.2, 0) is 0 Å². The zero-order chi connectivity index (χ0) is 13.8. The van der Waals surface area contributed by atoms with Gasteiger partial charge in [-0.1, -0.05) is 6.92 Å². The lowest BCUT2D eigenvalue weighted by atomic mass is 10.2. The van der Waals surface area contributed by atoms with Crippen LogP contribution in [-0.4, -0.2) is 79.1 Å². The Morgan fingerprint density at radius 2 is 1.95 bits per heavy atom. The number of hydrogen-bond donors (Lipinski definition) is 1. The van der Waals surface area contributed by atoms with E-state index in [0.29, 0.717) is 18.0 Å². The summed E-state index contributed by atoms with van der Waals surface area (Å²) < 4.78 is 0. The molecule has 0 amide bonds. The number of likely N-dealkylation sites (N-methyl/N-ethyl adjacent to an activating group) is 1. The molecule has 0 aromatic heterocycles. The standard InChI is InChI=1S/C14H29N5/c1-4-18-7-9-19(10-8-18)12(2)11-16-14(15)17(3)13-5-6-13/h12-13H,4-11H2,1-3H3,(H2,15,16). The van der Waals surface area contributed by atoms with Crippen LogP contribution >= 0.6 is 0 Å². The first-order chi connectivity index (χ1) is 9.11. The van der Waals surface area contributed by atoms with Crippen LogP contribution in [0.1, 0.15) is 26.7 Å². The highest BCUT2D eigenvalue weighted by Crippen LogP contribution is 2.24. The fourth-order valence-electron chi connectivity index (χ4n) is 2.62. The molecule has 0 bridgehead atoms. The van der Waals surface area contributed by atoms with Crippen molar-refractivity contribution in [2.45, 2.75) is 38.8 Å². The molecule has 5 heteroatoms. The molecule has 19 heavy (non-hydrogen) atoms. The molecule has 2 rings (SSSR count). The van der Waals surface area contributed by atoms with Gasteiger partial charge in [-0.05, 0) is 26.3 Å². The number of aliphatic imine (C=N–C) groups is 1. The van der Waals surface area contributed by atoms with Gasteiger partial charge in [0.15, 0.2) is 5.96 Å². The predicted octanol–water partition coefficient (Wildman–Crippen LogP) is 0.421. The Labute approximate surface area is 117 Å². The minimum atomic E-state index is 0.491. The maximum absolute atomic E-state index is 6.03. The topological polar surface area (TPSA) is 48.1 Å². The largest absolute Gasteiger partial charge is 0.370 e. The second kappa shape index (κ2) is 6.57. The average molecular weight is 267 g/mol. The Kier molecular flexibility index (Phi) is 5.05. The van der Waals surface area contributed by atoms with Gasteiger partial charge in [0.2, 0.25) is 0 Å². The third kappa shape index (κ3) is 4.08. The van der Waals surface area contributed by atoms with Crippen LogP contribution in [0.5, 0.6) is 0 Å². The van der Waals surface area contributed by atoms with Crippen LogP contribution in [0.2, 0.25) is 0 Å². The fraction of sp³-hybridized carbons (Fsp3) is 0.929. The van der Waals surface area contributed by atoms with E-state index in [2.05, 4.69) is 40.6 Å². The van der Waals surface area contributed by atoms with Crippen LogP contribution < -0.4 is 5.73 Å². The van der Waals surface area contributed by atoms with Gasteiger partial charge in [-0.25, -0.2) is 0 Å². The van der Waals surface area contributed by atoms with Crippen molar-refractivity contribution in [3.05, 3.63) is 0 Å². The van der Waals surface area contributed by atoms with Gasteiger partial charge < -0.3 is 15.5 Å². The number of hydrogen-bond acceptors (Lipinski definition) is 3. The zero-order valence-electron chi connectivity index (χ0n) is 12.7. The molecule has 110 valence electrons. The second-order valence-electron chi connectivity index (χ2n) is 5.86. The van der Waals surface area contributed by atoms with Crippen molar-refractivity contribution in [3.63, 3.8) is 0 Å². The first kappa shape index (κ1) is 14.6. The van der Waals surface area contributed by atoms with E-state index in [0.717, 1.165) is 19.6 Å². The molecule has 0 aromatic rings. The number of guanidine groups is 1. The quantitative estimate of drug-likeness (QED) is 0.579. The molecular formula is C14H29N5. The van der Waals surface area contributed by atoms with Crippen molar-refractivity contribution in [2.75, 3.05) is 46.3 Å². The lowest BCUT2D eigenvalue weighted by Crippen LogP contribution is -2.50. The Morgan fingerprint density at radius 3 is 2.47 bits per heavy atom. The van der Waals surface area contributed by atoms with Crippen molar-refractivity contribution in [3.8, 4) is 0 Å². The molecule has 5 nitrogen and oxygen atoms in total. The SMILES string of the molecule is CCN1CCN(C(C)CN=C(N)N(C)C2CC2)CC1. The molecule has 1 saturated carbocycles. The highest BCUT2D eigenvalue weighted by atomic mass is 15.3. The minimum Gasteiger partial charge on any atom is -0.370 e. The normalized spacial score (nSPS) is 24.5. The summed E-state index contributed by atoms with van der Waals surface area (Å²) in [5, 5.41) is 0. The summed E-state index contributed by atoms with van der Waals surface area (Å²) in [4.78, 5) is 11.7. The highest BCUT2D eigenvalue weighted by Gasteiger charge is 2.27. The molecule has 0 radical (unpaired) electrons. The Balaban J connectivity index is 1.74. The van der Waals surface area contributed by atoms with E-state index < -0.39 is 0 Å². The number of piperazine rings is 1. The number of rotatable bonds is 5. The molecule has 1 aliphatic heterocycles. The summed E-state index contributed by atoms with van der Waals surface area (Å²) in [5.41, 5.74) is 6.03.